The smallest absolute Gasteiger partial charge is 0.367 e. The standard InChI is InChI=1S/C17H25F3N4O2.HI/c1-4-21-16(23-10-15(25)24(2)3)22-9-13-5-7-14(8-6-13)11-26-12-17(18,19)20;/h5-8H,4,9-12H2,1-3H3,(H2,21,22,23);1H. The van der Waals surface area contributed by atoms with Gasteiger partial charge in [-0.15, -0.1) is 24.0 Å². The predicted octanol–water partition coefficient (Wildman–Crippen LogP) is 2.53. The van der Waals surface area contributed by atoms with Crippen LogP contribution in [-0.2, 0) is 22.7 Å². The second kappa shape index (κ2) is 12.8. The number of carbonyl (C=O) groups is 1. The number of hydrogen-bond donors (Lipinski definition) is 2. The van der Waals surface area contributed by atoms with Crippen LogP contribution in [0.4, 0.5) is 13.2 Å². The molecule has 0 radical (unpaired) electrons. The molecular weight excluding hydrogens is 476 g/mol. The highest BCUT2D eigenvalue weighted by Crippen LogP contribution is 2.16. The lowest BCUT2D eigenvalue weighted by molar-refractivity contribution is -0.176. The number of nitrogens with zero attached hydrogens (tertiary/aromatic N) is 2. The number of benzene rings is 1. The van der Waals surface area contributed by atoms with Crippen LogP contribution < -0.4 is 10.6 Å². The van der Waals surface area contributed by atoms with E-state index < -0.39 is 12.8 Å². The second-order valence-electron chi connectivity index (χ2n) is 5.76. The molecule has 10 heteroatoms. The lowest BCUT2D eigenvalue weighted by atomic mass is 10.1. The van der Waals surface area contributed by atoms with Crippen molar-refractivity contribution in [2.75, 3.05) is 33.8 Å². The number of rotatable bonds is 8. The molecule has 2 N–H and O–H groups in total. The zero-order chi connectivity index (χ0) is 19.6. The number of amides is 1. The van der Waals surface area contributed by atoms with E-state index in [-0.39, 0.29) is 43.0 Å². The van der Waals surface area contributed by atoms with Gasteiger partial charge in [-0.05, 0) is 18.1 Å². The van der Waals surface area contributed by atoms with Gasteiger partial charge in [0.05, 0.1) is 19.7 Å². The minimum Gasteiger partial charge on any atom is -0.367 e. The van der Waals surface area contributed by atoms with E-state index in [9.17, 15) is 18.0 Å². The summed E-state index contributed by atoms with van der Waals surface area (Å²) in [5.41, 5.74) is 1.55. The third kappa shape index (κ3) is 11.7. The summed E-state index contributed by atoms with van der Waals surface area (Å²) in [5, 5.41) is 5.99. The van der Waals surface area contributed by atoms with E-state index in [1.807, 2.05) is 6.92 Å². The maximum Gasteiger partial charge on any atom is 0.411 e. The van der Waals surface area contributed by atoms with Crippen LogP contribution in [0, 0.1) is 0 Å². The van der Waals surface area contributed by atoms with Crippen LogP contribution in [0.1, 0.15) is 18.1 Å². The molecule has 0 heterocycles. The molecule has 0 spiro atoms. The number of guanidine groups is 1. The summed E-state index contributed by atoms with van der Waals surface area (Å²) >= 11 is 0. The van der Waals surface area contributed by atoms with E-state index in [0.717, 1.165) is 5.56 Å². The summed E-state index contributed by atoms with van der Waals surface area (Å²) in [7, 11) is 3.35. The number of ether oxygens (including phenoxy) is 1. The van der Waals surface area contributed by atoms with Gasteiger partial charge in [0.1, 0.15) is 6.61 Å². The van der Waals surface area contributed by atoms with Crippen LogP contribution in [0.25, 0.3) is 0 Å². The monoisotopic (exact) mass is 502 g/mol. The Morgan fingerprint density at radius 3 is 2.26 bits per heavy atom. The molecule has 0 saturated heterocycles. The van der Waals surface area contributed by atoms with Gasteiger partial charge in [-0.1, -0.05) is 24.3 Å². The summed E-state index contributed by atoms with van der Waals surface area (Å²) < 4.78 is 40.7. The molecule has 0 saturated carbocycles. The molecule has 0 atom stereocenters. The van der Waals surface area contributed by atoms with Crippen molar-refractivity contribution in [1.29, 1.82) is 0 Å². The van der Waals surface area contributed by atoms with Gasteiger partial charge in [0.25, 0.3) is 0 Å². The Balaban J connectivity index is 0.00000676. The average Bonchev–Trinajstić information content (AvgIpc) is 2.57. The third-order valence-corrected chi connectivity index (χ3v) is 3.23. The zero-order valence-corrected chi connectivity index (χ0v) is 17.9. The first-order valence-electron chi connectivity index (χ1n) is 8.16. The molecule has 0 aromatic heterocycles. The average molecular weight is 502 g/mol. The van der Waals surface area contributed by atoms with Crippen molar-refractivity contribution < 1.29 is 22.7 Å². The molecule has 27 heavy (non-hydrogen) atoms. The van der Waals surface area contributed by atoms with Gasteiger partial charge >= 0.3 is 6.18 Å². The fraction of sp³-hybridized carbons (Fsp3) is 0.529. The first kappa shape index (κ1) is 25.4. The van der Waals surface area contributed by atoms with E-state index in [1.54, 1.807) is 38.4 Å². The minimum atomic E-state index is -4.32. The maximum absolute atomic E-state index is 12.0. The number of likely N-dealkylation sites (N-methyl/N-ethyl adjacent to an activating group) is 1. The van der Waals surface area contributed by atoms with E-state index in [4.69, 9.17) is 0 Å². The van der Waals surface area contributed by atoms with E-state index in [0.29, 0.717) is 24.6 Å². The molecule has 0 aliphatic heterocycles. The molecule has 6 nitrogen and oxygen atoms in total. The Kier molecular flexibility index (Phi) is 12.0. The van der Waals surface area contributed by atoms with Gasteiger partial charge in [-0.25, -0.2) is 4.99 Å². The Hall–Kier alpha value is -1.56. The summed E-state index contributed by atoms with van der Waals surface area (Å²) in [6, 6.07) is 6.98. The Morgan fingerprint density at radius 2 is 1.74 bits per heavy atom. The molecule has 0 bridgehead atoms. The topological polar surface area (TPSA) is 66.0 Å². The van der Waals surface area contributed by atoms with Gasteiger partial charge in [0.15, 0.2) is 5.96 Å². The second-order valence-corrected chi connectivity index (χ2v) is 5.76. The SMILES string of the molecule is CCNC(=NCc1ccc(COCC(F)(F)F)cc1)NCC(=O)N(C)C.I. The van der Waals surface area contributed by atoms with Crippen LogP contribution in [0.2, 0.25) is 0 Å². The Bertz CT molecular complexity index is 593. The van der Waals surface area contributed by atoms with E-state index in [2.05, 4.69) is 20.4 Å². The number of nitrogens with one attached hydrogen (secondary N) is 2. The van der Waals surface area contributed by atoms with E-state index >= 15 is 0 Å². The quantitative estimate of drug-likeness (QED) is 0.326. The van der Waals surface area contributed by atoms with Crippen molar-refractivity contribution in [2.24, 2.45) is 4.99 Å². The van der Waals surface area contributed by atoms with Crippen molar-refractivity contribution in [3.8, 4) is 0 Å². The molecule has 0 aliphatic carbocycles. The fourth-order valence-corrected chi connectivity index (χ4v) is 1.86. The highest BCUT2D eigenvalue weighted by atomic mass is 127. The molecule has 1 amide bonds. The molecule has 0 aliphatic rings. The van der Waals surface area contributed by atoms with Crippen molar-refractivity contribution in [2.45, 2.75) is 26.3 Å². The van der Waals surface area contributed by atoms with Gasteiger partial charge in [-0.2, -0.15) is 13.2 Å². The normalized spacial score (nSPS) is 11.6. The lowest BCUT2D eigenvalue weighted by Gasteiger charge is -2.14. The summed E-state index contributed by atoms with van der Waals surface area (Å²) in [6.45, 7) is 1.71. The number of aliphatic imine (C=N–C) groups is 1. The summed E-state index contributed by atoms with van der Waals surface area (Å²) in [5.74, 6) is 0.444. The van der Waals surface area contributed by atoms with Crippen molar-refractivity contribution >= 4 is 35.8 Å². The molecule has 154 valence electrons. The predicted molar refractivity (Wildman–Crippen MR) is 109 cm³/mol. The first-order valence-corrected chi connectivity index (χ1v) is 8.16. The zero-order valence-electron chi connectivity index (χ0n) is 15.6. The molecule has 1 rings (SSSR count). The molecule has 0 fully saturated rings. The first-order chi connectivity index (χ1) is 12.2. The molecule has 1 aromatic carbocycles. The fourth-order valence-electron chi connectivity index (χ4n) is 1.86. The van der Waals surface area contributed by atoms with Gasteiger partial charge in [0.2, 0.25) is 5.91 Å². The van der Waals surface area contributed by atoms with Gasteiger partial charge < -0.3 is 20.3 Å². The highest BCUT2D eigenvalue weighted by Gasteiger charge is 2.27. The highest BCUT2D eigenvalue weighted by molar-refractivity contribution is 14.0. The third-order valence-electron chi connectivity index (χ3n) is 3.23. The van der Waals surface area contributed by atoms with E-state index in [1.165, 1.54) is 4.90 Å². The Labute approximate surface area is 174 Å². The summed E-state index contributed by atoms with van der Waals surface area (Å²) in [4.78, 5) is 17.5. The maximum atomic E-state index is 12.0. The van der Waals surface area contributed by atoms with Crippen LogP contribution in [0.15, 0.2) is 29.3 Å². The van der Waals surface area contributed by atoms with Crippen LogP contribution in [-0.4, -0.2) is 56.7 Å². The Morgan fingerprint density at radius 1 is 1.15 bits per heavy atom. The molecule has 0 unspecified atom stereocenters. The number of hydrogen-bond acceptors (Lipinski definition) is 3. The van der Waals surface area contributed by atoms with Crippen molar-refractivity contribution in [1.82, 2.24) is 15.5 Å². The van der Waals surface area contributed by atoms with Crippen LogP contribution in [0.5, 0.6) is 0 Å². The molecule has 1 aromatic rings. The van der Waals surface area contributed by atoms with Gasteiger partial charge in [-0.3, -0.25) is 4.79 Å². The summed E-state index contributed by atoms with van der Waals surface area (Å²) in [6.07, 6.45) is -4.32. The number of halogens is 4. The molecular formula is C17H26F3IN4O2. The van der Waals surface area contributed by atoms with Gasteiger partial charge in [0, 0.05) is 20.6 Å². The van der Waals surface area contributed by atoms with Crippen molar-refractivity contribution in [3.05, 3.63) is 35.4 Å². The van der Waals surface area contributed by atoms with Crippen molar-refractivity contribution in [3.63, 3.8) is 0 Å². The largest absolute Gasteiger partial charge is 0.411 e. The van der Waals surface area contributed by atoms with Crippen LogP contribution in [0.3, 0.4) is 0 Å². The minimum absolute atomic E-state index is 0. The van der Waals surface area contributed by atoms with Crippen LogP contribution >= 0.6 is 24.0 Å². The lowest BCUT2D eigenvalue weighted by Crippen LogP contribution is -2.42. The number of alkyl halides is 3. The number of carbonyl (C=O) groups excluding carboxylic acids is 1.